The summed E-state index contributed by atoms with van der Waals surface area (Å²) in [6, 6.07) is 1.75. The lowest BCUT2D eigenvalue weighted by atomic mass is 9.90. The third-order valence-corrected chi connectivity index (χ3v) is 2.67. The van der Waals surface area contributed by atoms with Gasteiger partial charge in [0.05, 0.1) is 5.54 Å². The van der Waals surface area contributed by atoms with E-state index >= 15 is 0 Å². The van der Waals surface area contributed by atoms with Crippen LogP contribution in [0.2, 0.25) is 0 Å². The topological polar surface area (TPSA) is 60.9 Å². The molecule has 1 heterocycles. The van der Waals surface area contributed by atoms with Crippen LogP contribution in [-0.2, 0) is 6.54 Å². The lowest BCUT2D eigenvalue weighted by Crippen LogP contribution is -2.45. The van der Waals surface area contributed by atoms with Crippen LogP contribution in [0.15, 0.2) is 12.3 Å². The van der Waals surface area contributed by atoms with Gasteiger partial charge in [0.1, 0.15) is 5.69 Å². The van der Waals surface area contributed by atoms with Crippen LogP contribution in [0.1, 0.15) is 50.5 Å². The number of hydrogen-bond donors (Lipinski definition) is 1. The summed E-state index contributed by atoms with van der Waals surface area (Å²) < 4.78 is 1.74. The molecule has 90 valence electrons. The number of carbonyl (C=O) groups excluding carboxylic acids is 1. The first-order chi connectivity index (χ1) is 7.53. The average molecular weight is 223 g/mol. The minimum atomic E-state index is -0.778. The smallest absolute Gasteiger partial charge is 0.200 e. The van der Waals surface area contributed by atoms with Gasteiger partial charge >= 0.3 is 0 Å². The summed E-state index contributed by atoms with van der Waals surface area (Å²) in [6.45, 7) is 6.64. The van der Waals surface area contributed by atoms with E-state index in [-0.39, 0.29) is 5.78 Å². The van der Waals surface area contributed by atoms with Gasteiger partial charge in [-0.2, -0.15) is 5.10 Å². The quantitative estimate of drug-likeness (QED) is 0.750. The molecule has 0 bridgehead atoms. The molecule has 1 unspecified atom stereocenters. The van der Waals surface area contributed by atoms with Crippen molar-refractivity contribution in [2.24, 2.45) is 5.73 Å². The normalized spacial score (nSPS) is 14.8. The minimum Gasteiger partial charge on any atom is -0.319 e. The zero-order valence-electron chi connectivity index (χ0n) is 10.4. The lowest BCUT2D eigenvalue weighted by Gasteiger charge is -2.22. The van der Waals surface area contributed by atoms with Gasteiger partial charge in [-0.1, -0.05) is 20.3 Å². The number of nitrogens with two attached hydrogens (primary N) is 1. The number of rotatable bonds is 6. The summed E-state index contributed by atoms with van der Waals surface area (Å²) in [5.41, 5.74) is 5.88. The lowest BCUT2D eigenvalue weighted by molar-refractivity contribution is 0.0881. The molecule has 0 spiro atoms. The molecule has 16 heavy (non-hydrogen) atoms. The van der Waals surface area contributed by atoms with Gasteiger partial charge in [-0.3, -0.25) is 9.48 Å². The first-order valence-electron chi connectivity index (χ1n) is 5.88. The summed E-state index contributed by atoms with van der Waals surface area (Å²) in [7, 11) is 0. The van der Waals surface area contributed by atoms with Crippen LogP contribution in [0.4, 0.5) is 0 Å². The zero-order chi connectivity index (χ0) is 12.2. The van der Waals surface area contributed by atoms with E-state index < -0.39 is 5.54 Å². The van der Waals surface area contributed by atoms with Crippen molar-refractivity contribution in [2.45, 2.75) is 52.1 Å². The maximum Gasteiger partial charge on any atom is 0.200 e. The summed E-state index contributed by atoms with van der Waals surface area (Å²) in [5, 5.41) is 4.14. The monoisotopic (exact) mass is 223 g/mol. The number of carbonyl (C=O) groups is 1. The molecule has 1 aromatic rings. The predicted molar refractivity (Wildman–Crippen MR) is 64.3 cm³/mol. The highest BCUT2D eigenvalue weighted by atomic mass is 16.1. The van der Waals surface area contributed by atoms with Crippen LogP contribution in [-0.4, -0.2) is 21.1 Å². The molecular formula is C12H21N3O. The summed E-state index contributed by atoms with van der Waals surface area (Å²) in [5.74, 6) is -0.0136. The van der Waals surface area contributed by atoms with Gasteiger partial charge < -0.3 is 5.73 Å². The van der Waals surface area contributed by atoms with Crippen molar-refractivity contribution in [1.82, 2.24) is 9.78 Å². The van der Waals surface area contributed by atoms with Crippen molar-refractivity contribution in [3.05, 3.63) is 18.0 Å². The molecule has 1 aromatic heterocycles. The summed E-state index contributed by atoms with van der Waals surface area (Å²) >= 11 is 0. The molecule has 4 heteroatoms. The SMILES string of the molecule is CCCn1nccc1C(=O)C(C)(N)CCC. The second-order valence-electron chi connectivity index (χ2n) is 4.44. The molecule has 1 rings (SSSR count). The molecule has 0 saturated carbocycles. The maximum absolute atomic E-state index is 12.2. The Hall–Kier alpha value is -1.16. The van der Waals surface area contributed by atoms with Gasteiger partial charge in [-0.25, -0.2) is 0 Å². The zero-order valence-corrected chi connectivity index (χ0v) is 10.4. The van der Waals surface area contributed by atoms with Crippen molar-refractivity contribution in [3.63, 3.8) is 0 Å². The number of nitrogens with zero attached hydrogens (tertiary/aromatic N) is 2. The van der Waals surface area contributed by atoms with Crippen LogP contribution in [0.3, 0.4) is 0 Å². The second kappa shape index (κ2) is 5.25. The van der Waals surface area contributed by atoms with E-state index in [0.29, 0.717) is 12.1 Å². The number of ketones is 1. The molecular weight excluding hydrogens is 202 g/mol. The van der Waals surface area contributed by atoms with Crippen LogP contribution in [0, 0.1) is 0 Å². The Morgan fingerprint density at radius 1 is 1.50 bits per heavy atom. The number of Topliss-reactive ketones (excluding diaryl/α,β-unsaturated/α-hetero) is 1. The van der Waals surface area contributed by atoms with Gasteiger partial charge in [0.2, 0.25) is 0 Å². The Bertz CT molecular complexity index is 355. The average Bonchev–Trinajstić information content (AvgIpc) is 2.65. The molecule has 0 aromatic carbocycles. The third kappa shape index (κ3) is 2.70. The van der Waals surface area contributed by atoms with E-state index in [2.05, 4.69) is 12.0 Å². The van der Waals surface area contributed by atoms with Crippen molar-refractivity contribution in [3.8, 4) is 0 Å². The molecule has 0 aliphatic heterocycles. The molecule has 1 atom stereocenters. The Labute approximate surface area is 96.8 Å². The van der Waals surface area contributed by atoms with E-state index in [1.165, 1.54) is 0 Å². The van der Waals surface area contributed by atoms with Crippen molar-refractivity contribution >= 4 is 5.78 Å². The van der Waals surface area contributed by atoms with Crippen molar-refractivity contribution < 1.29 is 4.79 Å². The van der Waals surface area contributed by atoms with Gasteiger partial charge in [0.15, 0.2) is 5.78 Å². The molecule has 0 aliphatic carbocycles. The van der Waals surface area contributed by atoms with Gasteiger partial charge in [-0.15, -0.1) is 0 Å². The largest absolute Gasteiger partial charge is 0.319 e. The van der Waals surface area contributed by atoms with Crippen LogP contribution in [0.5, 0.6) is 0 Å². The Morgan fingerprint density at radius 3 is 2.75 bits per heavy atom. The predicted octanol–water partition coefficient (Wildman–Crippen LogP) is 1.99. The molecule has 4 nitrogen and oxygen atoms in total. The number of aryl methyl sites for hydroxylation is 1. The molecule has 0 fully saturated rings. The standard InChI is InChI=1S/C12H21N3O/c1-4-7-12(3,13)11(16)10-6-8-14-15(10)9-5-2/h6,8H,4-5,7,9,13H2,1-3H3. The second-order valence-corrected chi connectivity index (χ2v) is 4.44. The molecule has 0 radical (unpaired) electrons. The highest BCUT2D eigenvalue weighted by molar-refractivity contribution is 6.01. The van der Waals surface area contributed by atoms with Crippen LogP contribution >= 0.6 is 0 Å². The van der Waals surface area contributed by atoms with Gasteiger partial charge in [0, 0.05) is 12.7 Å². The summed E-state index contributed by atoms with van der Waals surface area (Å²) in [4.78, 5) is 12.2. The fourth-order valence-corrected chi connectivity index (χ4v) is 1.84. The third-order valence-electron chi connectivity index (χ3n) is 2.67. The number of hydrogen-bond acceptors (Lipinski definition) is 3. The highest BCUT2D eigenvalue weighted by Crippen LogP contribution is 2.16. The summed E-state index contributed by atoms with van der Waals surface area (Å²) in [6.07, 6.45) is 4.21. The van der Waals surface area contributed by atoms with Gasteiger partial charge in [-0.05, 0) is 25.8 Å². The van der Waals surface area contributed by atoms with Crippen LogP contribution in [0.25, 0.3) is 0 Å². The number of aromatic nitrogens is 2. The minimum absolute atomic E-state index is 0.0136. The first kappa shape index (κ1) is 12.9. The maximum atomic E-state index is 12.2. The fourth-order valence-electron chi connectivity index (χ4n) is 1.84. The Morgan fingerprint density at radius 2 is 2.19 bits per heavy atom. The van der Waals surface area contributed by atoms with Crippen molar-refractivity contribution in [1.29, 1.82) is 0 Å². The molecule has 2 N–H and O–H groups in total. The van der Waals surface area contributed by atoms with E-state index in [9.17, 15) is 4.79 Å². The molecule has 0 aliphatic rings. The van der Waals surface area contributed by atoms with Gasteiger partial charge in [0.25, 0.3) is 0 Å². The van der Waals surface area contributed by atoms with E-state index in [4.69, 9.17) is 5.73 Å². The Kier molecular flexibility index (Phi) is 4.24. The van der Waals surface area contributed by atoms with E-state index in [1.807, 2.05) is 6.92 Å². The first-order valence-corrected chi connectivity index (χ1v) is 5.88. The van der Waals surface area contributed by atoms with E-state index in [1.54, 1.807) is 23.9 Å². The highest BCUT2D eigenvalue weighted by Gasteiger charge is 2.30. The van der Waals surface area contributed by atoms with E-state index in [0.717, 1.165) is 19.4 Å². The van der Waals surface area contributed by atoms with Crippen molar-refractivity contribution in [2.75, 3.05) is 0 Å². The molecule has 0 amide bonds. The molecule has 0 saturated heterocycles. The Balaban J connectivity index is 2.91. The fraction of sp³-hybridized carbons (Fsp3) is 0.667. The van der Waals surface area contributed by atoms with Crippen LogP contribution < -0.4 is 5.73 Å².